The minimum Gasteiger partial charge on any atom is -0.325 e. The zero-order valence-electron chi connectivity index (χ0n) is 13.3. The van der Waals surface area contributed by atoms with E-state index in [0.29, 0.717) is 11.3 Å². The lowest BCUT2D eigenvalue weighted by atomic mass is 10.1. The fraction of sp³-hybridized carbons (Fsp3) is 0.235. The largest absolute Gasteiger partial charge is 0.325 e. The van der Waals surface area contributed by atoms with E-state index in [2.05, 4.69) is 26.0 Å². The maximum Gasteiger partial charge on any atom is 0.239 e. The smallest absolute Gasteiger partial charge is 0.239 e. The summed E-state index contributed by atoms with van der Waals surface area (Å²) in [6, 6.07) is 14.5. The number of nitrogens with one attached hydrogen (secondary N) is 2. The van der Waals surface area contributed by atoms with Crippen LogP contribution in [0.1, 0.15) is 18.1 Å². The summed E-state index contributed by atoms with van der Waals surface area (Å²) in [5.41, 5.74) is 2.35. The lowest BCUT2D eigenvalue weighted by Crippen LogP contribution is -2.33. The molecular formula is C17H19BrN2O3S. The molecule has 0 bridgehead atoms. The van der Waals surface area contributed by atoms with E-state index in [-0.39, 0.29) is 12.3 Å². The van der Waals surface area contributed by atoms with Gasteiger partial charge in [-0.05, 0) is 35.7 Å². The number of benzene rings is 2. The normalized spacial score (nSPS) is 11.2. The first kappa shape index (κ1) is 18.6. The van der Waals surface area contributed by atoms with Crippen LogP contribution in [0.25, 0.3) is 0 Å². The number of para-hydroxylation sites is 1. The van der Waals surface area contributed by atoms with E-state index in [9.17, 15) is 13.2 Å². The van der Waals surface area contributed by atoms with Gasteiger partial charge >= 0.3 is 0 Å². The molecule has 5 nitrogen and oxygen atoms in total. The molecule has 0 saturated heterocycles. The first-order valence-corrected chi connectivity index (χ1v) is 9.93. The highest BCUT2D eigenvalue weighted by Crippen LogP contribution is 2.15. The second-order valence-electron chi connectivity index (χ2n) is 5.27. The third kappa shape index (κ3) is 5.74. The highest BCUT2D eigenvalue weighted by molar-refractivity contribution is 9.10. The molecule has 128 valence electrons. The summed E-state index contributed by atoms with van der Waals surface area (Å²) < 4.78 is 27.3. The van der Waals surface area contributed by atoms with Crippen molar-refractivity contribution in [1.29, 1.82) is 0 Å². The van der Waals surface area contributed by atoms with Crippen molar-refractivity contribution in [3.8, 4) is 0 Å². The standard InChI is InChI=1S/C17H19BrN2O3S/c1-2-14-7-3-4-9-16(14)20-17(21)11-19-24(22,23)12-13-6-5-8-15(18)10-13/h3-10,19H,2,11-12H2,1H3,(H,20,21). The van der Waals surface area contributed by atoms with E-state index in [4.69, 9.17) is 0 Å². The van der Waals surface area contributed by atoms with Crippen molar-refractivity contribution < 1.29 is 13.2 Å². The summed E-state index contributed by atoms with van der Waals surface area (Å²) in [6.45, 7) is 1.69. The highest BCUT2D eigenvalue weighted by atomic mass is 79.9. The van der Waals surface area contributed by atoms with Gasteiger partial charge in [0.1, 0.15) is 0 Å². The summed E-state index contributed by atoms with van der Waals surface area (Å²) in [7, 11) is -3.59. The van der Waals surface area contributed by atoms with Gasteiger partial charge in [-0.25, -0.2) is 13.1 Å². The molecule has 7 heteroatoms. The summed E-state index contributed by atoms with van der Waals surface area (Å²) in [5.74, 6) is -0.570. The van der Waals surface area contributed by atoms with Crippen molar-refractivity contribution >= 4 is 37.5 Å². The lowest BCUT2D eigenvalue weighted by Gasteiger charge is -2.11. The Balaban J connectivity index is 1.93. The molecule has 0 heterocycles. The van der Waals surface area contributed by atoms with E-state index in [1.165, 1.54) is 0 Å². The summed E-state index contributed by atoms with van der Waals surface area (Å²) in [4.78, 5) is 12.0. The van der Waals surface area contributed by atoms with Crippen LogP contribution in [0, 0.1) is 0 Å². The Morgan fingerprint density at radius 1 is 1.12 bits per heavy atom. The van der Waals surface area contributed by atoms with Gasteiger partial charge in [0.25, 0.3) is 0 Å². The fourth-order valence-electron chi connectivity index (χ4n) is 2.22. The minimum atomic E-state index is -3.59. The third-order valence-electron chi connectivity index (χ3n) is 3.37. The Morgan fingerprint density at radius 3 is 2.58 bits per heavy atom. The Morgan fingerprint density at radius 2 is 1.88 bits per heavy atom. The van der Waals surface area contributed by atoms with Crippen molar-refractivity contribution in [3.05, 3.63) is 64.1 Å². The van der Waals surface area contributed by atoms with Crippen LogP contribution in [0.2, 0.25) is 0 Å². The molecule has 0 unspecified atom stereocenters. The monoisotopic (exact) mass is 410 g/mol. The van der Waals surface area contributed by atoms with Gasteiger partial charge in [0.05, 0.1) is 12.3 Å². The Hall–Kier alpha value is -1.70. The first-order chi connectivity index (χ1) is 11.4. The van der Waals surface area contributed by atoms with E-state index in [0.717, 1.165) is 16.5 Å². The Bertz CT molecular complexity index is 822. The number of halogens is 1. The maximum atomic E-state index is 12.1. The molecule has 2 rings (SSSR count). The average molecular weight is 411 g/mol. The van der Waals surface area contributed by atoms with Gasteiger partial charge in [-0.1, -0.05) is 53.2 Å². The zero-order chi connectivity index (χ0) is 17.6. The molecule has 24 heavy (non-hydrogen) atoms. The van der Waals surface area contributed by atoms with Crippen molar-refractivity contribution in [2.75, 3.05) is 11.9 Å². The topological polar surface area (TPSA) is 75.3 Å². The highest BCUT2D eigenvalue weighted by Gasteiger charge is 2.14. The molecule has 2 aromatic carbocycles. The predicted molar refractivity (Wildman–Crippen MR) is 99.2 cm³/mol. The van der Waals surface area contributed by atoms with E-state index >= 15 is 0 Å². The SMILES string of the molecule is CCc1ccccc1NC(=O)CNS(=O)(=O)Cc1cccc(Br)c1. The molecule has 0 saturated carbocycles. The number of rotatable bonds is 7. The van der Waals surface area contributed by atoms with Crippen molar-refractivity contribution in [2.45, 2.75) is 19.1 Å². The Kier molecular flexibility index (Phi) is 6.53. The summed E-state index contributed by atoms with van der Waals surface area (Å²) in [6.07, 6.45) is 0.783. The van der Waals surface area contributed by atoms with E-state index in [1.807, 2.05) is 31.2 Å². The fourth-order valence-corrected chi connectivity index (χ4v) is 3.74. The molecule has 0 aliphatic rings. The van der Waals surface area contributed by atoms with Gasteiger partial charge in [0.2, 0.25) is 15.9 Å². The number of carbonyl (C=O) groups is 1. The number of sulfonamides is 1. The van der Waals surface area contributed by atoms with Crippen LogP contribution in [0.5, 0.6) is 0 Å². The van der Waals surface area contributed by atoms with Crippen LogP contribution >= 0.6 is 15.9 Å². The van der Waals surface area contributed by atoms with Crippen LogP contribution in [0.15, 0.2) is 53.0 Å². The first-order valence-electron chi connectivity index (χ1n) is 7.49. The summed E-state index contributed by atoms with van der Waals surface area (Å²) in [5, 5.41) is 2.73. The number of hydrogen-bond donors (Lipinski definition) is 2. The Labute approximate surface area is 150 Å². The van der Waals surface area contributed by atoms with Crippen LogP contribution in [0.3, 0.4) is 0 Å². The van der Waals surface area contributed by atoms with Crippen molar-refractivity contribution in [2.24, 2.45) is 0 Å². The molecule has 0 spiro atoms. The van der Waals surface area contributed by atoms with Gasteiger partial charge in [0, 0.05) is 10.2 Å². The molecule has 0 aliphatic heterocycles. The van der Waals surface area contributed by atoms with Crippen LogP contribution in [-0.2, 0) is 27.0 Å². The van der Waals surface area contributed by atoms with Gasteiger partial charge in [0.15, 0.2) is 0 Å². The van der Waals surface area contributed by atoms with Crippen LogP contribution in [-0.4, -0.2) is 20.9 Å². The number of carbonyl (C=O) groups excluding carboxylic acids is 1. The second-order valence-corrected chi connectivity index (χ2v) is 7.99. The molecule has 0 fully saturated rings. The van der Waals surface area contributed by atoms with Gasteiger partial charge < -0.3 is 5.32 Å². The van der Waals surface area contributed by atoms with E-state index in [1.54, 1.807) is 24.3 Å². The summed E-state index contributed by atoms with van der Waals surface area (Å²) >= 11 is 3.30. The van der Waals surface area contributed by atoms with Gasteiger partial charge in [-0.3, -0.25) is 4.79 Å². The molecular weight excluding hydrogens is 392 g/mol. The lowest BCUT2D eigenvalue weighted by molar-refractivity contribution is -0.115. The average Bonchev–Trinajstić information content (AvgIpc) is 2.53. The van der Waals surface area contributed by atoms with Crippen LogP contribution in [0.4, 0.5) is 5.69 Å². The molecule has 2 N–H and O–H groups in total. The molecule has 0 atom stereocenters. The molecule has 0 radical (unpaired) electrons. The number of anilines is 1. The minimum absolute atomic E-state index is 0.175. The molecule has 2 aromatic rings. The number of aryl methyl sites for hydroxylation is 1. The number of amides is 1. The molecule has 1 amide bonds. The third-order valence-corrected chi connectivity index (χ3v) is 5.16. The molecule has 0 aromatic heterocycles. The predicted octanol–water partition coefficient (Wildman–Crippen LogP) is 3.07. The quantitative estimate of drug-likeness (QED) is 0.736. The van der Waals surface area contributed by atoms with Gasteiger partial charge in [-0.15, -0.1) is 0 Å². The second kappa shape index (κ2) is 8.41. The number of hydrogen-bond acceptors (Lipinski definition) is 3. The van der Waals surface area contributed by atoms with Crippen molar-refractivity contribution in [1.82, 2.24) is 4.72 Å². The van der Waals surface area contributed by atoms with E-state index < -0.39 is 15.9 Å². The van der Waals surface area contributed by atoms with Crippen LogP contribution < -0.4 is 10.0 Å². The molecule has 0 aliphatic carbocycles. The van der Waals surface area contributed by atoms with Crippen molar-refractivity contribution in [3.63, 3.8) is 0 Å². The van der Waals surface area contributed by atoms with Gasteiger partial charge in [-0.2, -0.15) is 0 Å². The maximum absolute atomic E-state index is 12.1. The zero-order valence-corrected chi connectivity index (χ0v) is 15.7.